The molecule has 0 saturated carbocycles. The summed E-state index contributed by atoms with van der Waals surface area (Å²) in [6.45, 7) is 4.49. The molecule has 0 aliphatic rings. The summed E-state index contributed by atoms with van der Waals surface area (Å²) in [7, 11) is 1.49. The summed E-state index contributed by atoms with van der Waals surface area (Å²) in [5.74, 6) is 1.03. The van der Waals surface area contributed by atoms with Crippen molar-refractivity contribution in [2.75, 3.05) is 25.2 Å². The summed E-state index contributed by atoms with van der Waals surface area (Å²) < 4.78 is 10.7. The van der Waals surface area contributed by atoms with E-state index in [1.807, 2.05) is 31.2 Å². The van der Waals surface area contributed by atoms with Gasteiger partial charge in [0.2, 0.25) is 5.95 Å². The molecule has 9 nitrogen and oxygen atoms in total. The van der Waals surface area contributed by atoms with E-state index in [1.54, 1.807) is 6.92 Å². The van der Waals surface area contributed by atoms with Gasteiger partial charge in [0.25, 0.3) is 5.56 Å². The Labute approximate surface area is 161 Å². The highest BCUT2D eigenvalue weighted by atomic mass is 16.6. The molecule has 0 aliphatic heterocycles. The highest BCUT2D eigenvalue weighted by Crippen LogP contribution is 2.27. The van der Waals surface area contributed by atoms with Crippen molar-refractivity contribution in [2.24, 2.45) is 0 Å². The SMILES string of the molecule is CCCOc1ccccc1-c1nc2nc(N(C)C(=O)OCC)ncc2c(=O)[nH]1. The maximum Gasteiger partial charge on any atom is 0.416 e. The van der Waals surface area contributed by atoms with Crippen LogP contribution in [0, 0.1) is 0 Å². The van der Waals surface area contributed by atoms with E-state index < -0.39 is 6.09 Å². The Balaban J connectivity index is 2.07. The van der Waals surface area contributed by atoms with E-state index >= 15 is 0 Å². The first-order chi connectivity index (χ1) is 13.5. The molecule has 0 aliphatic carbocycles. The third-order valence-corrected chi connectivity index (χ3v) is 3.90. The van der Waals surface area contributed by atoms with Crippen LogP contribution in [0.3, 0.4) is 0 Å². The van der Waals surface area contributed by atoms with Crippen molar-refractivity contribution in [3.8, 4) is 17.1 Å². The summed E-state index contributed by atoms with van der Waals surface area (Å²) in [6, 6.07) is 7.30. The van der Waals surface area contributed by atoms with Crippen LogP contribution in [0.1, 0.15) is 20.3 Å². The minimum Gasteiger partial charge on any atom is -0.493 e. The minimum absolute atomic E-state index is 0.0884. The molecule has 0 bridgehead atoms. The number of amides is 1. The number of hydrogen-bond acceptors (Lipinski definition) is 7. The molecule has 1 aromatic carbocycles. The van der Waals surface area contributed by atoms with Gasteiger partial charge in [0.05, 0.1) is 18.8 Å². The molecule has 0 unspecified atom stereocenters. The van der Waals surface area contributed by atoms with Crippen molar-refractivity contribution in [1.29, 1.82) is 0 Å². The van der Waals surface area contributed by atoms with E-state index in [-0.39, 0.29) is 29.1 Å². The molecule has 0 spiro atoms. The molecule has 28 heavy (non-hydrogen) atoms. The van der Waals surface area contributed by atoms with Crippen LogP contribution in [0.15, 0.2) is 35.3 Å². The van der Waals surface area contributed by atoms with Crippen molar-refractivity contribution in [1.82, 2.24) is 19.9 Å². The Kier molecular flexibility index (Phi) is 5.83. The lowest BCUT2D eigenvalue weighted by Gasteiger charge is -2.14. The van der Waals surface area contributed by atoms with Gasteiger partial charge >= 0.3 is 6.09 Å². The maximum atomic E-state index is 12.5. The number of fused-ring (bicyclic) bond motifs is 1. The zero-order valence-corrected chi connectivity index (χ0v) is 15.9. The van der Waals surface area contributed by atoms with Crippen molar-refractivity contribution in [3.05, 3.63) is 40.8 Å². The van der Waals surface area contributed by atoms with Crippen LogP contribution >= 0.6 is 0 Å². The average molecular weight is 383 g/mol. The van der Waals surface area contributed by atoms with Crippen molar-refractivity contribution in [2.45, 2.75) is 20.3 Å². The number of rotatable bonds is 6. The number of anilines is 1. The van der Waals surface area contributed by atoms with Crippen molar-refractivity contribution >= 4 is 23.1 Å². The normalized spacial score (nSPS) is 10.7. The number of aromatic nitrogens is 4. The summed E-state index contributed by atoms with van der Waals surface area (Å²) in [6.07, 6.45) is 1.60. The molecule has 0 fully saturated rings. The fourth-order valence-electron chi connectivity index (χ4n) is 2.51. The van der Waals surface area contributed by atoms with Gasteiger partial charge in [0, 0.05) is 13.2 Å². The Morgan fingerprint density at radius 2 is 2.00 bits per heavy atom. The Morgan fingerprint density at radius 1 is 1.21 bits per heavy atom. The predicted octanol–water partition coefficient (Wildman–Crippen LogP) is 2.76. The second-order valence-electron chi connectivity index (χ2n) is 5.92. The van der Waals surface area contributed by atoms with Gasteiger partial charge in [-0.3, -0.25) is 4.79 Å². The molecule has 9 heteroatoms. The van der Waals surface area contributed by atoms with Gasteiger partial charge in [0.1, 0.15) is 17.0 Å². The van der Waals surface area contributed by atoms with Gasteiger partial charge in [-0.1, -0.05) is 19.1 Å². The summed E-state index contributed by atoms with van der Waals surface area (Å²) in [5.41, 5.74) is 0.440. The monoisotopic (exact) mass is 383 g/mol. The Bertz CT molecular complexity index is 1050. The number of H-pyrrole nitrogens is 1. The number of aromatic amines is 1. The van der Waals surface area contributed by atoms with E-state index in [9.17, 15) is 9.59 Å². The number of para-hydroxylation sites is 1. The van der Waals surface area contributed by atoms with E-state index in [1.165, 1.54) is 13.2 Å². The largest absolute Gasteiger partial charge is 0.493 e. The van der Waals surface area contributed by atoms with Crippen LogP contribution in [-0.2, 0) is 4.74 Å². The van der Waals surface area contributed by atoms with Gasteiger partial charge in [-0.25, -0.2) is 19.7 Å². The molecule has 2 heterocycles. The molecule has 146 valence electrons. The second-order valence-corrected chi connectivity index (χ2v) is 5.92. The molecule has 1 amide bonds. The van der Waals surface area contributed by atoms with Crippen molar-refractivity contribution < 1.29 is 14.3 Å². The van der Waals surface area contributed by atoms with Gasteiger partial charge < -0.3 is 14.5 Å². The smallest absolute Gasteiger partial charge is 0.416 e. The van der Waals surface area contributed by atoms with Gasteiger partial charge in [-0.2, -0.15) is 4.98 Å². The molecular weight excluding hydrogens is 362 g/mol. The molecular formula is C19H21N5O4. The van der Waals surface area contributed by atoms with Crippen LogP contribution in [0.2, 0.25) is 0 Å². The van der Waals surface area contributed by atoms with Gasteiger partial charge in [0.15, 0.2) is 5.65 Å². The number of ether oxygens (including phenoxy) is 2. The number of carbonyl (C=O) groups is 1. The van der Waals surface area contributed by atoms with E-state index in [4.69, 9.17) is 9.47 Å². The molecule has 2 aromatic heterocycles. The van der Waals surface area contributed by atoms with E-state index in [0.717, 1.165) is 11.3 Å². The first-order valence-electron chi connectivity index (χ1n) is 8.94. The lowest BCUT2D eigenvalue weighted by atomic mass is 10.2. The van der Waals surface area contributed by atoms with Gasteiger partial charge in [-0.05, 0) is 25.5 Å². The van der Waals surface area contributed by atoms with Crippen LogP contribution in [0.4, 0.5) is 10.7 Å². The van der Waals surface area contributed by atoms with E-state index in [2.05, 4.69) is 19.9 Å². The Hall–Kier alpha value is -3.49. The highest BCUT2D eigenvalue weighted by Gasteiger charge is 2.17. The number of nitrogens with one attached hydrogen (secondary N) is 1. The fourth-order valence-corrected chi connectivity index (χ4v) is 2.51. The van der Waals surface area contributed by atoms with Crippen LogP contribution < -0.4 is 15.2 Å². The lowest BCUT2D eigenvalue weighted by Crippen LogP contribution is -2.29. The summed E-state index contributed by atoms with van der Waals surface area (Å²) >= 11 is 0. The maximum absolute atomic E-state index is 12.5. The third-order valence-electron chi connectivity index (χ3n) is 3.90. The molecule has 0 radical (unpaired) electrons. The van der Waals surface area contributed by atoms with Crippen LogP contribution in [0.5, 0.6) is 5.75 Å². The topological polar surface area (TPSA) is 110 Å². The molecule has 3 aromatic rings. The first kappa shape index (κ1) is 19.3. The zero-order valence-electron chi connectivity index (χ0n) is 15.9. The quantitative estimate of drug-likeness (QED) is 0.697. The van der Waals surface area contributed by atoms with Crippen molar-refractivity contribution in [3.63, 3.8) is 0 Å². The summed E-state index contributed by atoms with van der Waals surface area (Å²) in [4.78, 5) is 41.1. The molecule has 0 saturated heterocycles. The highest BCUT2D eigenvalue weighted by molar-refractivity contribution is 5.86. The number of hydrogen-bond donors (Lipinski definition) is 1. The zero-order chi connectivity index (χ0) is 20.1. The van der Waals surface area contributed by atoms with E-state index in [0.29, 0.717) is 23.7 Å². The average Bonchev–Trinajstić information content (AvgIpc) is 2.71. The Morgan fingerprint density at radius 3 is 2.75 bits per heavy atom. The standard InChI is InChI=1S/C19H21N5O4/c1-4-10-28-14-9-7-6-8-12(14)15-21-16-13(17(25)22-15)11-20-18(23-16)24(3)19(26)27-5-2/h6-9,11H,4-5,10H2,1-3H3,(H,20,21,22,23,25). The number of nitrogens with zero attached hydrogens (tertiary/aromatic N) is 4. The van der Waals surface area contributed by atoms with Crippen LogP contribution in [-0.4, -0.2) is 46.3 Å². The minimum atomic E-state index is -0.592. The first-order valence-corrected chi connectivity index (χ1v) is 8.94. The molecule has 0 atom stereocenters. The lowest BCUT2D eigenvalue weighted by molar-refractivity contribution is 0.161. The number of benzene rings is 1. The number of carbonyl (C=O) groups excluding carboxylic acids is 1. The second kappa shape index (κ2) is 8.47. The van der Waals surface area contributed by atoms with Crippen LogP contribution in [0.25, 0.3) is 22.4 Å². The summed E-state index contributed by atoms with van der Waals surface area (Å²) in [5, 5.41) is 0.219. The fraction of sp³-hybridized carbons (Fsp3) is 0.316. The third kappa shape index (κ3) is 3.93. The molecule has 3 rings (SSSR count). The molecule has 1 N–H and O–H groups in total. The van der Waals surface area contributed by atoms with Gasteiger partial charge in [-0.15, -0.1) is 0 Å². The predicted molar refractivity (Wildman–Crippen MR) is 105 cm³/mol.